The van der Waals surface area contributed by atoms with Crippen molar-refractivity contribution >= 4 is 5.97 Å². The van der Waals surface area contributed by atoms with Gasteiger partial charge in [0.1, 0.15) is 5.60 Å². The zero-order valence-electron chi connectivity index (χ0n) is 10.8. The highest BCUT2D eigenvalue weighted by atomic mass is 16.4. The molecule has 0 amide bonds. The Labute approximate surface area is 102 Å². The lowest BCUT2D eigenvalue weighted by Gasteiger charge is -2.33. The van der Waals surface area contributed by atoms with E-state index in [9.17, 15) is 15.0 Å². The molecule has 0 aliphatic carbocycles. The van der Waals surface area contributed by atoms with Gasteiger partial charge in [0.25, 0.3) is 0 Å². The Morgan fingerprint density at radius 2 is 1.94 bits per heavy atom. The number of hydrogen-bond donors (Lipinski definition) is 2. The predicted molar refractivity (Wildman–Crippen MR) is 66.7 cm³/mol. The molecule has 3 nitrogen and oxygen atoms in total. The third-order valence-corrected chi connectivity index (χ3v) is 3.14. The molecule has 0 radical (unpaired) electrons. The zero-order chi connectivity index (χ0) is 13.2. The number of carbonyl (C=O) groups is 1. The molecule has 17 heavy (non-hydrogen) atoms. The van der Waals surface area contributed by atoms with Gasteiger partial charge >= 0.3 is 5.97 Å². The number of hydrogen-bond acceptors (Lipinski definition) is 2. The van der Waals surface area contributed by atoms with Crippen molar-refractivity contribution in [2.24, 2.45) is 11.8 Å². The Balaban J connectivity index is 3.20. The number of aliphatic carboxylic acids is 1. The van der Waals surface area contributed by atoms with E-state index < -0.39 is 17.5 Å². The molecule has 0 spiro atoms. The van der Waals surface area contributed by atoms with Gasteiger partial charge < -0.3 is 10.2 Å². The summed E-state index contributed by atoms with van der Waals surface area (Å²) in [7, 11) is 0. The highest BCUT2D eigenvalue weighted by molar-refractivity contribution is 5.72. The van der Waals surface area contributed by atoms with Gasteiger partial charge in [0.05, 0.1) is 5.92 Å². The molecule has 2 unspecified atom stereocenters. The van der Waals surface area contributed by atoms with Crippen LogP contribution < -0.4 is 0 Å². The molecule has 0 heterocycles. The number of aliphatic hydroxyl groups is 1. The normalized spacial score (nSPS) is 16.6. The number of carboxylic acid groups (broad SMARTS) is 1. The molecular formula is C14H20O3. The molecule has 2 atom stereocenters. The van der Waals surface area contributed by atoms with Gasteiger partial charge in [0.2, 0.25) is 0 Å². The van der Waals surface area contributed by atoms with Gasteiger partial charge in [-0.3, -0.25) is 4.79 Å². The van der Waals surface area contributed by atoms with Crippen molar-refractivity contribution in [2.45, 2.75) is 33.3 Å². The fraction of sp³-hybridized carbons (Fsp3) is 0.500. The van der Waals surface area contributed by atoms with Crippen LogP contribution in [0.2, 0.25) is 0 Å². The zero-order valence-corrected chi connectivity index (χ0v) is 10.8. The molecule has 0 aliphatic heterocycles. The summed E-state index contributed by atoms with van der Waals surface area (Å²) in [5.41, 5.74) is 0.306. The lowest BCUT2D eigenvalue weighted by atomic mass is 9.76. The van der Waals surface area contributed by atoms with Crippen LogP contribution in [0.3, 0.4) is 0 Å². The van der Waals surface area contributed by atoms with Gasteiger partial charge in [-0.1, -0.05) is 43.7 Å². The molecule has 0 bridgehead atoms. The Morgan fingerprint density at radius 3 is 2.35 bits per heavy atom. The maximum atomic E-state index is 11.3. The van der Waals surface area contributed by atoms with Crippen LogP contribution in [0, 0.1) is 18.8 Å². The van der Waals surface area contributed by atoms with E-state index in [0.717, 1.165) is 5.56 Å². The summed E-state index contributed by atoms with van der Waals surface area (Å²) >= 11 is 0. The molecule has 94 valence electrons. The smallest absolute Gasteiger partial charge is 0.310 e. The monoisotopic (exact) mass is 236 g/mol. The molecule has 0 saturated heterocycles. The summed E-state index contributed by atoms with van der Waals surface area (Å²) in [6.07, 6.45) is 0. The first-order valence-electron chi connectivity index (χ1n) is 5.79. The van der Waals surface area contributed by atoms with Gasteiger partial charge in [-0.15, -0.1) is 0 Å². The molecule has 1 aromatic carbocycles. The third kappa shape index (κ3) is 2.86. The summed E-state index contributed by atoms with van der Waals surface area (Å²) in [6, 6.07) is 7.35. The topological polar surface area (TPSA) is 57.5 Å². The van der Waals surface area contributed by atoms with E-state index in [1.807, 2.05) is 39.0 Å². The van der Waals surface area contributed by atoms with Crippen LogP contribution in [0.15, 0.2) is 24.3 Å². The largest absolute Gasteiger partial charge is 0.481 e. The maximum Gasteiger partial charge on any atom is 0.310 e. The van der Waals surface area contributed by atoms with E-state index in [4.69, 9.17) is 0 Å². The number of aryl methyl sites for hydroxylation is 1. The standard InChI is InChI=1S/C14H20O3/c1-9(2)12(13(15)16)14(4,17)11-7-5-6-10(3)8-11/h5-9,12,17H,1-4H3,(H,15,16). The van der Waals surface area contributed by atoms with Gasteiger partial charge in [-0.2, -0.15) is 0 Å². The fourth-order valence-electron chi connectivity index (χ4n) is 2.31. The van der Waals surface area contributed by atoms with Crippen molar-refractivity contribution in [1.29, 1.82) is 0 Å². The molecule has 0 aliphatic rings. The minimum absolute atomic E-state index is 0.136. The van der Waals surface area contributed by atoms with E-state index in [1.54, 1.807) is 13.0 Å². The van der Waals surface area contributed by atoms with Crippen LogP contribution in [0.4, 0.5) is 0 Å². The molecule has 0 fully saturated rings. The number of carboxylic acids is 1. The number of benzene rings is 1. The minimum atomic E-state index is -1.36. The van der Waals surface area contributed by atoms with Crippen molar-refractivity contribution in [3.05, 3.63) is 35.4 Å². The van der Waals surface area contributed by atoms with Crippen LogP contribution >= 0.6 is 0 Å². The van der Waals surface area contributed by atoms with E-state index in [0.29, 0.717) is 5.56 Å². The van der Waals surface area contributed by atoms with Crippen LogP contribution in [0.5, 0.6) is 0 Å². The maximum absolute atomic E-state index is 11.3. The van der Waals surface area contributed by atoms with E-state index in [-0.39, 0.29) is 5.92 Å². The molecule has 1 rings (SSSR count). The summed E-state index contributed by atoms with van der Waals surface area (Å²) in [5, 5.41) is 19.8. The van der Waals surface area contributed by atoms with Crippen molar-refractivity contribution < 1.29 is 15.0 Å². The van der Waals surface area contributed by atoms with Crippen molar-refractivity contribution in [3.8, 4) is 0 Å². The second-order valence-corrected chi connectivity index (χ2v) is 5.08. The van der Waals surface area contributed by atoms with Crippen molar-refractivity contribution in [3.63, 3.8) is 0 Å². The average Bonchev–Trinajstić information content (AvgIpc) is 2.15. The summed E-state index contributed by atoms with van der Waals surface area (Å²) in [6.45, 7) is 7.11. The Bertz CT molecular complexity index is 408. The number of rotatable bonds is 4. The van der Waals surface area contributed by atoms with Gasteiger partial charge in [-0.05, 0) is 25.3 Å². The van der Waals surface area contributed by atoms with Gasteiger partial charge in [-0.25, -0.2) is 0 Å². The van der Waals surface area contributed by atoms with Crippen molar-refractivity contribution in [1.82, 2.24) is 0 Å². The lowest BCUT2D eigenvalue weighted by Crippen LogP contribution is -2.40. The molecule has 0 aromatic heterocycles. The lowest BCUT2D eigenvalue weighted by molar-refractivity contribution is -0.155. The quantitative estimate of drug-likeness (QED) is 0.844. The van der Waals surface area contributed by atoms with Gasteiger partial charge in [0.15, 0.2) is 0 Å². The average molecular weight is 236 g/mol. The second kappa shape index (κ2) is 4.88. The summed E-state index contributed by atoms with van der Waals surface area (Å²) < 4.78 is 0. The third-order valence-electron chi connectivity index (χ3n) is 3.14. The van der Waals surface area contributed by atoms with Crippen molar-refractivity contribution in [2.75, 3.05) is 0 Å². The summed E-state index contributed by atoms with van der Waals surface area (Å²) in [4.78, 5) is 11.3. The molecule has 1 aromatic rings. The van der Waals surface area contributed by atoms with E-state index in [2.05, 4.69) is 0 Å². The first kappa shape index (κ1) is 13.7. The van der Waals surface area contributed by atoms with Crippen LogP contribution in [-0.4, -0.2) is 16.2 Å². The highest BCUT2D eigenvalue weighted by Crippen LogP contribution is 2.34. The van der Waals surface area contributed by atoms with Crippen LogP contribution in [-0.2, 0) is 10.4 Å². The van der Waals surface area contributed by atoms with Crippen LogP contribution in [0.25, 0.3) is 0 Å². The molecule has 3 heteroatoms. The molecule has 2 N–H and O–H groups in total. The van der Waals surface area contributed by atoms with E-state index in [1.165, 1.54) is 0 Å². The SMILES string of the molecule is Cc1cccc(C(C)(O)C(C(=O)O)C(C)C)c1. The van der Waals surface area contributed by atoms with Crippen LogP contribution in [0.1, 0.15) is 31.9 Å². The van der Waals surface area contributed by atoms with Gasteiger partial charge in [0, 0.05) is 0 Å². The minimum Gasteiger partial charge on any atom is -0.481 e. The second-order valence-electron chi connectivity index (χ2n) is 5.08. The Hall–Kier alpha value is -1.35. The molecular weight excluding hydrogens is 216 g/mol. The fourth-order valence-corrected chi connectivity index (χ4v) is 2.31. The predicted octanol–water partition coefficient (Wildman–Crippen LogP) is 2.56. The first-order chi connectivity index (χ1) is 7.76. The first-order valence-corrected chi connectivity index (χ1v) is 5.79. The summed E-state index contributed by atoms with van der Waals surface area (Å²) in [5.74, 6) is -1.92. The highest BCUT2D eigenvalue weighted by Gasteiger charge is 2.40. The Morgan fingerprint density at radius 1 is 1.35 bits per heavy atom. The molecule has 0 saturated carbocycles. The Kier molecular flexibility index (Phi) is 3.94. The van der Waals surface area contributed by atoms with E-state index >= 15 is 0 Å².